The van der Waals surface area contributed by atoms with E-state index in [1.807, 2.05) is 25.4 Å². The van der Waals surface area contributed by atoms with E-state index in [1.54, 1.807) is 11.1 Å². The van der Waals surface area contributed by atoms with Gasteiger partial charge in [-0.25, -0.2) is 9.97 Å². The minimum absolute atomic E-state index is 0.0312. The predicted molar refractivity (Wildman–Crippen MR) is 130 cm³/mol. The van der Waals surface area contributed by atoms with Crippen LogP contribution in [0.25, 0.3) is 11.0 Å². The molecule has 33 heavy (non-hydrogen) atoms. The van der Waals surface area contributed by atoms with Crippen molar-refractivity contribution in [2.24, 2.45) is 5.92 Å². The zero-order valence-corrected chi connectivity index (χ0v) is 19.8. The normalized spacial score (nSPS) is 19.4. The van der Waals surface area contributed by atoms with Gasteiger partial charge in [-0.1, -0.05) is 13.8 Å². The van der Waals surface area contributed by atoms with Crippen LogP contribution in [0.2, 0.25) is 0 Å². The Kier molecular flexibility index (Phi) is 5.65. The molecular weight excluding hydrogens is 416 g/mol. The van der Waals surface area contributed by atoms with Crippen LogP contribution >= 0.6 is 0 Å². The maximum absolute atomic E-state index is 12.8. The minimum atomic E-state index is 0.0312. The van der Waals surface area contributed by atoms with Gasteiger partial charge in [0.25, 0.3) is 5.91 Å². The number of aromatic nitrogens is 4. The third-order valence-electron chi connectivity index (χ3n) is 6.59. The largest absolute Gasteiger partial charge is 0.368 e. The average molecular weight is 449 g/mol. The number of nitrogens with zero attached hydrogens (tertiary/aromatic N) is 7. The van der Waals surface area contributed by atoms with Crippen molar-refractivity contribution >= 4 is 34.4 Å². The van der Waals surface area contributed by atoms with Gasteiger partial charge in [0.05, 0.1) is 17.9 Å². The first-order valence-corrected chi connectivity index (χ1v) is 11.7. The van der Waals surface area contributed by atoms with Gasteiger partial charge in [-0.15, -0.1) is 0 Å². The molecule has 0 aliphatic carbocycles. The molecule has 9 nitrogen and oxygen atoms in total. The lowest BCUT2D eigenvalue weighted by Crippen LogP contribution is -2.44. The monoisotopic (exact) mass is 448 g/mol. The summed E-state index contributed by atoms with van der Waals surface area (Å²) in [4.78, 5) is 33.2. The maximum atomic E-state index is 12.8. The molecule has 1 N–H and O–H groups in total. The van der Waals surface area contributed by atoms with Crippen LogP contribution in [0.15, 0.2) is 30.6 Å². The van der Waals surface area contributed by atoms with E-state index >= 15 is 0 Å². The summed E-state index contributed by atoms with van der Waals surface area (Å²) in [5.41, 5.74) is 2.61. The summed E-state index contributed by atoms with van der Waals surface area (Å²) in [6, 6.07) is 6.16. The molecule has 2 aliphatic rings. The fraction of sp³-hybridized carbons (Fsp3) is 0.500. The first-order chi connectivity index (χ1) is 15.9. The number of pyridine rings is 1. The maximum Gasteiger partial charge on any atom is 0.270 e. The van der Waals surface area contributed by atoms with E-state index in [-0.39, 0.29) is 11.9 Å². The lowest BCUT2D eigenvalue weighted by Gasteiger charge is -2.33. The SMILES string of the molecule is CC(C)C[C@H]1CN(C)C(=O)c2cc3cnc(Nc4ccc(N5CCN(C)CC5)cn4)nc3n21. The van der Waals surface area contributed by atoms with E-state index in [0.717, 1.165) is 49.3 Å². The van der Waals surface area contributed by atoms with E-state index in [1.165, 1.54) is 0 Å². The number of carbonyl (C=O) groups excluding carboxylic acids is 1. The highest BCUT2D eigenvalue weighted by Crippen LogP contribution is 2.32. The van der Waals surface area contributed by atoms with Gasteiger partial charge in [-0.3, -0.25) is 4.79 Å². The molecule has 2 aliphatic heterocycles. The molecule has 1 fully saturated rings. The molecule has 3 aromatic rings. The van der Waals surface area contributed by atoms with Crippen molar-refractivity contribution in [1.82, 2.24) is 29.3 Å². The number of nitrogens with one attached hydrogen (secondary N) is 1. The second-order valence-electron chi connectivity index (χ2n) is 9.66. The molecule has 0 spiro atoms. The topological polar surface area (TPSA) is 82.4 Å². The van der Waals surface area contributed by atoms with Gasteiger partial charge in [0.2, 0.25) is 5.95 Å². The molecule has 0 radical (unpaired) electrons. The second-order valence-corrected chi connectivity index (χ2v) is 9.66. The molecular formula is C24H32N8O. The van der Waals surface area contributed by atoms with Gasteiger partial charge in [0.1, 0.15) is 17.2 Å². The number of hydrogen-bond acceptors (Lipinski definition) is 7. The highest BCUT2D eigenvalue weighted by molar-refractivity contribution is 5.98. The van der Waals surface area contributed by atoms with Crippen molar-refractivity contribution < 1.29 is 4.79 Å². The van der Waals surface area contributed by atoms with Crippen molar-refractivity contribution in [2.45, 2.75) is 26.3 Å². The van der Waals surface area contributed by atoms with E-state index in [2.05, 4.69) is 56.6 Å². The Hall–Kier alpha value is -3.20. The number of amides is 1. The zero-order chi connectivity index (χ0) is 23.1. The van der Waals surface area contributed by atoms with Crippen LogP contribution in [0.5, 0.6) is 0 Å². The predicted octanol–water partition coefficient (Wildman–Crippen LogP) is 2.99. The number of fused-ring (bicyclic) bond motifs is 3. The van der Waals surface area contributed by atoms with Gasteiger partial charge in [-0.2, -0.15) is 4.98 Å². The van der Waals surface area contributed by atoms with E-state index < -0.39 is 0 Å². The molecule has 1 saturated heterocycles. The summed E-state index contributed by atoms with van der Waals surface area (Å²) < 4.78 is 2.11. The molecule has 3 aromatic heterocycles. The zero-order valence-electron chi connectivity index (χ0n) is 19.8. The Bertz CT molecular complexity index is 1150. The van der Waals surface area contributed by atoms with Crippen molar-refractivity contribution in [3.63, 3.8) is 0 Å². The van der Waals surface area contributed by atoms with E-state index in [0.29, 0.717) is 29.9 Å². The number of anilines is 3. The van der Waals surface area contributed by atoms with Crippen LogP contribution in [0.1, 0.15) is 36.8 Å². The van der Waals surface area contributed by atoms with Crippen LogP contribution in [0, 0.1) is 5.92 Å². The summed E-state index contributed by atoms with van der Waals surface area (Å²) in [7, 11) is 4.02. The molecule has 174 valence electrons. The van der Waals surface area contributed by atoms with E-state index in [4.69, 9.17) is 4.98 Å². The molecule has 1 amide bonds. The molecule has 5 heterocycles. The van der Waals surface area contributed by atoms with Gasteiger partial charge < -0.3 is 24.6 Å². The summed E-state index contributed by atoms with van der Waals surface area (Å²) in [6.45, 7) is 9.25. The average Bonchev–Trinajstić information content (AvgIpc) is 3.17. The smallest absolute Gasteiger partial charge is 0.270 e. The van der Waals surface area contributed by atoms with E-state index in [9.17, 15) is 4.79 Å². The quantitative estimate of drug-likeness (QED) is 0.642. The Balaban J connectivity index is 1.40. The Labute approximate surface area is 194 Å². The minimum Gasteiger partial charge on any atom is -0.368 e. The first kappa shape index (κ1) is 21.6. The van der Waals surface area contributed by atoms with Crippen LogP contribution < -0.4 is 10.2 Å². The molecule has 0 saturated carbocycles. The third kappa shape index (κ3) is 4.25. The van der Waals surface area contributed by atoms with Crippen molar-refractivity contribution in [1.29, 1.82) is 0 Å². The molecule has 1 atom stereocenters. The van der Waals surface area contributed by atoms with Gasteiger partial charge in [-0.05, 0) is 37.6 Å². The molecule has 0 aromatic carbocycles. The summed E-state index contributed by atoms with van der Waals surface area (Å²) in [6.07, 6.45) is 4.67. The number of likely N-dealkylation sites (N-methyl/N-ethyl adjacent to an activating group) is 2. The molecule has 9 heteroatoms. The lowest BCUT2D eigenvalue weighted by molar-refractivity contribution is 0.0710. The standard InChI is InChI=1S/C24H32N8O/c1-16(2)11-19-15-30(4)23(33)20-12-17-13-26-24(28-22(17)32(19)20)27-21-6-5-18(14-25-21)31-9-7-29(3)8-10-31/h5-6,12-14,16,19H,7-11,15H2,1-4H3,(H,25,26,27,28)/t19-/m0/s1. The van der Waals surface area contributed by atoms with Crippen LogP contribution in [-0.2, 0) is 0 Å². The van der Waals surface area contributed by atoms with Crippen molar-refractivity contribution in [2.75, 3.05) is 57.0 Å². The highest BCUT2D eigenvalue weighted by atomic mass is 16.2. The van der Waals surface area contributed by atoms with Gasteiger partial charge in [0, 0.05) is 51.4 Å². The second kappa shape index (κ2) is 8.62. The fourth-order valence-electron chi connectivity index (χ4n) is 4.83. The Morgan fingerprint density at radius 1 is 1.09 bits per heavy atom. The van der Waals surface area contributed by atoms with Gasteiger partial charge >= 0.3 is 0 Å². The Morgan fingerprint density at radius 3 is 2.58 bits per heavy atom. The van der Waals surface area contributed by atoms with Crippen LogP contribution in [0.3, 0.4) is 0 Å². The summed E-state index contributed by atoms with van der Waals surface area (Å²) in [5, 5.41) is 4.12. The molecule has 0 bridgehead atoms. The fourth-order valence-corrected chi connectivity index (χ4v) is 4.83. The number of carbonyl (C=O) groups is 1. The highest BCUT2D eigenvalue weighted by Gasteiger charge is 2.32. The third-order valence-corrected chi connectivity index (χ3v) is 6.59. The van der Waals surface area contributed by atoms with Gasteiger partial charge in [0.15, 0.2) is 0 Å². The Morgan fingerprint density at radius 2 is 1.88 bits per heavy atom. The van der Waals surface area contributed by atoms with Crippen LogP contribution in [0.4, 0.5) is 17.5 Å². The summed E-state index contributed by atoms with van der Waals surface area (Å²) in [5.74, 6) is 1.73. The lowest BCUT2D eigenvalue weighted by atomic mass is 10.0. The van der Waals surface area contributed by atoms with Crippen molar-refractivity contribution in [3.8, 4) is 0 Å². The molecule has 5 rings (SSSR count). The first-order valence-electron chi connectivity index (χ1n) is 11.7. The number of hydrogen-bond donors (Lipinski definition) is 1. The number of rotatable bonds is 5. The molecule has 0 unspecified atom stereocenters. The number of piperazine rings is 1. The van der Waals surface area contributed by atoms with Crippen molar-refractivity contribution in [3.05, 3.63) is 36.3 Å². The summed E-state index contributed by atoms with van der Waals surface area (Å²) >= 11 is 0. The van der Waals surface area contributed by atoms with Crippen LogP contribution in [-0.4, -0.2) is 82.0 Å².